The normalized spacial score (nSPS) is 12.2. The van der Waals surface area contributed by atoms with Crippen LogP contribution in [0.25, 0.3) is 0 Å². The first-order valence-corrected chi connectivity index (χ1v) is 14.9. The molecule has 0 saturated carbocycles. The molecule has 0 saturated heterocycles. The van der Waals surface area contributed by atoms with Crippen LogP contribution >= 0.6 is 0 Å². The Kier molecular flexibility index (Phi) is 9.92. The highest BCUT2D eigenvalue weighted by Gasteiger charge is 2.33. The van der Waals surface area contributed by atoms with Crippen molar-refractivity contribution in [1.82, 2.24) is 10.2 Å². The van der Waals surface area contributed by atoms with Gasteiger partial charge in [-0.15, -0.1) is 0 Å². The van der Waals surface area contributed by atoms with Gasteiger partial charge < -0.3 is 10.2 Å². The Morgan fingerprint density at radius 1 is 0.872 bits per heavy atom. The van der Waals surface area contributed by atoms with Gasteiger partial charge in [-0.3, -0.25) is 13.9 Å². The number of carbonyl (C=O) groups excluding carboxylic acids is 2. The number of carbonyl (C=O) groups is 2. The fraction of sp³-hybridized carbons (Fsp3) is 0.355. The molecule has 1 atom stereocenters. The van der Waals surface area contributed by atoms with Crippen LogP contribution in [0.4, 0.5) is 5.69 Å². The number of benzene rings is 3. The maximum Gasteiger partial charge on any atom is 0.244 e. The third kappa shape index (κ3) is 8.17. The molecule has 0 heterocycles. The van der Waals surface area contributed by atoms with E-state index in [2.05, 4.69) is 5.32 Å². The average Bonchev–Trinajstić information content (AvgIpc) is 2.86. The summed E-state index contributed by atoms with van der Waals surface area (Å²) in [5.74, 6) is -0.738. The number of sulfonamides is 1. The van der Waals surface area contributed by atoms with Gasteiger partial charge >= 0.3 is 0 Å². The van der Waals surface area contributed by atoms with Crippen LogP contribution < -0.4 is 9.62 Å². The summed E-state index contributed by atoms with van der Waals surface area (Å²) in [6.45, 7) is 9.14. The smallest absolute Gasteiger partial charge is 0.244 e. The number of hydrogen-bond donors (Lipinski definition) is 1. The molecule has 0 aliphatic heterocycles. The Morgan fingerprint density at radius 2 is 1.51 bits per heavy atom. The SMILES string of the molecule is Cc1ccc(C)c(N(CC(=O)N(Cc2ccccc2C)C(Cc2ccccc2)C(=O)NC(C)C)S(C)(=O)=O)c1. The molecule has 0 aliphatic carbocycles. The van der Waals surface area contributed by atoms with Crippen molar-refractivity contribution in [2.45, 2.75) is 59.7 Å². The molecule has 1 unspecified atom stereocenters. The predicted molar refractivity (Wildman–Crippen MR) is 157 cm³/mol. The largest absolute Gasteiger partial charge is 0.352 e. The molecule has 8 heteroatoms. The molecular weight excluding hydrogens is 510 g/mol. The molecule has 0 fully saturated rings. The average molecular weight is 550 g/mol. The second-order valence-corrected chi connectivity index (χ2v) is 12.3. The molecule has 0 radical (unpaired) electrons. The lowest BCUT2D eigenvalue weighted by Crippen LogP contribution is -2.54. The van der Waals surface area contributed by atoms with Crippen molar-refractivity contribution in [2.75, 3.05) is 17.1 Å². The van der Waals surface area contributed by atoms with Crippen LogP contribution in [0.1, 0.15) is 41.7 Å². The number of amides is 2. The van der Waals surface area contributed by atoms with Crippen molar-refractivity contribution in [3.8, 4) is 0 Å². The summed E-state index contributed by atoms with van der Waals surface area (Å²) in [5, 5.41) is 2.97. The highest BCUT2D eigenvalue weighted by atomic mass is 32.2. The van der Waals surface area contributed by atoms with Gasteiger partial charge in [0.1, 0.15) is 12.6 Å². The molecular formula is C31H39N3O4S. The van der Waals surface area contributed by atoms with Gasteiger partial charge in [0.25, 0.3) is 0 Å². The Hall–Kier alpha value is -3.65. The molecule has 0 bridgehead atoms. The van der Waals surface area contributed by atoms with E-state index in [1.807, 2.05) is 101 Å². The monoisotopic (exact) mass is 549 g/mol. The van der Waals surface area contributed by atoms with Crippen LogP contribution in [0, 0.1) is 20.8 Å². The fourth-order valence-corrected chi connectivity index (χ4v) is 5.39. The van der Waals surface area contributed by atoms with Crippen molar-refractivity contribution < 1.29 is 18.0 Å². The second-order valence-electron chi connectivity index (χ2n) is 10.4. The number of nitrogens with one attached hydrogen (secondary N) is 1. The third-order valence-electron chi connectivity index (χ3n) is 6.62. The molecule has 7 nitrogen and oxygen atoms in total. The summed E-state index contributed by atoms with van der Waals surface area (Å²) in [7, 11) is -3.81. The first-order chi connectivity index (χ1) is 18.4. The minimum atomic E-state index is -3.81. The lowest BCUT2D eigenvalue weighted by Gasteiger charge is -2.34. The fourth-order valence-electron chi connectivity index (χ4n) is 4.49. The van der Waals surface area contributed by atoms with Crippen LogP contribution in [0.5, 0.6) is 0 Å². The van der Waals surface area contributed by atoms with Crippen molar-refractivity contribution in [1.29, 1.82) is 0 Å². The summed E-state index contributed by atoms with van der Waals surface area (Å²) in [5.41, 5.74) is 4.84. The zero-order valence-corrected chi connectivity index (χ0v) is 24.5. The summed E-state index contributed by atoms with van der Waals surface area (Å²) in [6.07, 6.45) is 1.39. The minimum absolute atomic E-state index is 0.131. The van der Waals surface area contributed by atoms with Gasteiger partial charge in [-0.2, -0.15) is 0 Å². The molecule has 39 heavy (non-hydrogen) atoms. The number of nitrogens with zero attached hydrogens (tertiary/aromatic N) is 2. The van der Waals surface area contributed by atoms with Crippen LogP contribution in [0.15, 0.2) is 72.8 Å². The first kappa shape index (κ1) is 29.9. The van der Waals surface area contributed by atoms with Crippen molar-refractivity contribution in [3.63, 3.8) is 0 Å². The number of anilines is 1. The van der Waals surface area contributed by atoms with Gasteiger partial charge in [-0.1, -0.05) is 66.7 Å². The highest BCUT2D eigenvalue weighted by molar-refractivity contribution is 7.92. The highest BCUT2D eigenvalue weighted by Crippen LogP contribution is 2.25. The van der Waals surface area contributed by atoms with E-state index in [0.717, 1.165) is 38.4 Å². The van der Waals surface area contributed by atoms with Crippen molar-refractivity contribution in [3.05, 3.63) is 101 Å². The van der Waals surface area contributed by atoms with Crippen LogP contribution in [0.2, 0.25) is 0 Å². The van der Waals surface area contributed by atoms with Crippen LogP contribution in [0.3, 0.4) is 0 Å². The molecule has 0 aliphatic rings. The van der Waals surface area contributed by atoms with Gasteiger partial charge in [-0.25, -0.2) is 8.42 Å². The summed E-state index contributed by atoms with van der Waals surface area (Å²) in [6, 6.07) is 21.8. The second kappa shape index (κ2) is 12.9. The van der Waals surface area contributed by atoms with E-state index in [0.29, 0.717) is 12.1 Å². The molecule has 3 aromatic rings. The number of aryl methyl sites for hydroxylation is 3. The van der Waals surface area contributed by atoms with Gasteiger partial charge in [0, 0.05) is 19.0 Å². The third-order valence-corrected chi connectivity index (χ3v) is 7.74. The van der Waals surface area contributed by atoms with E-state index < -0.39 is 28.5 Å². The van der Waals surface area contributed by atoms with Crippen LogP contribution in [-0.4, -0.2) is 50.0 Å². The molecule has 1 N–H and O–H groups in total. The van der Waals surface area contributed by atoms with Gasteiger partial charge in [0.05, 0.1) is 11.9 Å². The van der Waals surface area contributed by atoms with E-state index >= 15 is 0 Å². The van der Waals surface area contributed by atoms with Crippen molar-refractivity contribution >= 4 is 27.5 Å². The van der Waals surface area contributed by atoms with Crippen molar-refractivity contribution in [2.24, 2.45) is 0 Å². The standard InChI is InChI=1S/C31H39N3O4S/c1-22(2)32-31(36)29(19-26-13-8-7-9-14-26)33(20-27-15-11-10-12-24(27)4)30(35)21-34(39(6,37)38)28-18-23(3)16-17-25(28)5/h7-18,22,29H,19-21H2,1-6H3,(H,32,36). The Labute approximate surface area is 232 Å². The van der Waals surface area contributed by atoms with E-state index in [4.69, 9.17) is 0 Å². The van der Waals surface area contributed by atoms with E-state index in [1.165, 1.54) is 4.90 Å². The topological polar surface area (TPSA) is 86.8 Å². The number of hydrogen-bond acceptors (Lipinski definition) is 4. The molecule has 3 rings (SSSR count). The van der Waals surface area contributed by atoms with Gasteiger partial charge in [0.15, 0.2) is 0 Å². The molecule has 0 spiro atoms. The Balaban J connectivity index is 2.09. The zero-order valence-electron chi connectivity index (χ0n) is 23.6. The molecule has 0 aromatic heterocycles. The van der Waals surface area contributed by atoms with Gasteiger partial charge in [0.2, 0.25) is 21.8 Å². The molecule has 2 amide bonds. The van der Waals surface area contributed by atoms with E-state index in [9.17, 15) is 18.0 Å². The lowest BCUT2D eigenvalue weighted by molar-refractivity contribution is -0.140. The maximum absolute atomic E-state index is 14.1. The van der Waals surface area contributed by atoms with Crippen LogP contribution in [-0.2, 0) is 32.6 Å². The summed E-state index contributed by atoms with van der Waals surface area (Å²) in [4.78, 5) is 29.3. The van der Waals surface area contributed by atoms with Gasteiger partial charge in [-0.05, 0) is 68.5 Å². The zero-order chi connectivity index (χ0) is 28.7. The Morgan fingerprint density at radius 3 is 2.13 bits per heavy atom. The number of rotatable bonds is 11. The molecule has 3 aromatic carbocycles. The lowest BCUT2D eigenvalue weighted by atomic mass is 10.0. The molecule has 208 valence electrons. The quantitative estimate of drug-likeness (QED) is 0.380. The Bertz CT molecular complexity index is 1400. The first-order valence-electron chi connectivity index (χ1n) is 13.1. The summed E-state index contributed by atoms with van der Waals surface area (Å²) >= 11 is 0. The van der Waals surface area contributed by atoms with E-state index in [-0.39, 0.29) is 18.5 Å². The van der Waals surface area contributed by atoms with E-state index in [1.54, 1.807) is 6.07 Å². The minimum Gasteiger partial charge on any atom is -0.352 e. The maximum atomic E-state index is 14.1. The summed E-state index contributed by atoms with van der Waals surface area (Å²) < 4.78 is 27.1. The predicted octanol–water partition coefficient (Wildman–Crippen LogP) is 4.54.